The highest BCUT2D eigenvalue weighted by molar-refractivity contribution is 5.75. The number of hydrogen-bond donors (Lipinski definition) is 2. The number of nitrogens with zero attached hydrogens (tertiary/aromatic N) is 5. The first-order chi connectivity index (χ1) is 19.4. The summed E-state index contributed by atoms with van der Waals surface area (Å²) in [5, 5.41) is 20.7. The first kappa shape index (κ1) is 26.9. The number of nitriles is 1. The van der Waals surface area contributed by atoms with Gasteiger partial charge in [-0.05, 0) is 35.2 Å². The number of carbonyl (C=O) groups excluding carboxylic acids is 1. The van der Waals surface area contributed by atoms with Crippen LogP contribution in [0.25, 0.3) is 11.1 Å². The normalized spacial score (nSPS) is 15.6. The average molecular weight is 536 g/mol. The van der Waals surface area contributed by atoms with E-state index >= 15 is 0 Å². The highest BCUT2D eigenvalue weighted by atomic mass is 16.5. The standard InChI is InChI=1S/C31H33N7O2/c1-21(23-11-9-22(14-32)10-12-23)15-34-30(24-7-5-4-6-8-24)28-18-33-27-13-25(16-35-31(27)40-28)26-17-36-38(19-26)20-29(39)37(2)3/h4-13,16-17,19,21,28,30,33-34H,15,18,20H2,1-3H3/t21-,28-,30+/m0/s1. The fourth-order valence-corrected chi connectivity index (χ4v) is 4.72. The molecule has 3 heterocycles. The topological polar surface area (TPSA) is 108 Å². The molecular weight excluding hydrogens is 502 g/mol. The molecule has 1 aliphatic heterocycles. The smallest absolute Gasteiger partial charge is 0.243 e. The molecule has 1 aliphatic rings. The van der Waals surface area contributed by atoms with Crippen LogP contribution in [0.4, 0.5) is 5.69 Å². The Bertz CT molecular complexity index is 1490. The van der Waals surface area contributed by atoms with E-state index in [4.69, 9.17) is 10.00 Å². The summed E-state index contributed by atoms with van der Waals surface area (Å²) in [6, 6.07) is 22.2. The number of ether oxygens (including phenoxy) is 1. The monoisotopic (exact) mass is 535 g/mol. The molecule has 4 aromatic rings. The van der Waals surface area contributed by atoms with Crippen LogP contribution in [0.2, 0.25) is 0 Å². The predicted octanol–water partition coefficient (Wildman–Crippen LogP) is 4.21. The molecular formula is C31H33N7O2. The molecule has 2 aromatic heterocycles. The third-order valence-electron chi connectivity index (χ3n) is 7.15. The van der Waals surface area contributed by atoms with Crippen molar-refractivity contribution in [2.75, 3.05) is 32.5 Å². The van der Waals surface area contributed by atoms with Crippen molar-refractivity contribution >= 4 is 11.6 Å². The number of aromatic nitrogens is 3. The van der Waals surface area contributed by atoms with Crippen LogP contribution < -0.4 is 15.4 Å². The second-order valence-corrected chi connectivity index (χ2v) is 10.3. The summed E-state index contributed by atoms with van der Waals surface area (Å²) in [6.07, 6.45) is 5.18. The van der Waals surface area contributed by atoms with Crippen molar-refractivity contribution in [1.82, 2.24) is 25.0 Å². The first-order valence-electron chi connectivity index (χ1n) is 13.3. The van der Waals surface area contributed by atoms with E-state index in [0.717, 1.165) is 28.9 Å². The van der Waals surface area contributed by atoms with E-state index in [0.29, 0.717) is 18.0 Å². The molecule has 0 saturated carbocycles. The van der Waals surface area contributed by atoms with Crippen molar-refractivity contribution in [2.24, 2.45) is 0 Å². The minimum Gasteiger partial charge on any atom is -0.469 e. The molecule has 0 spiro atoms. The van der Waals surface area contributed by atoms with Gasteiger partial charge in [0.15, 0.2) is 0 Å². The van der Waals surface area contributed by atoms with Gasteiger partial charge < -0.3 is 20.3 Å². The molecule has 204 valence electrons. The van der Waals surface area contributed by atoms with Crippen molar-refractivity contribution in [3.05, 3.63) is 95.9 Å². The van der Waals surface area contributed by atoms with Crippen molar-refractivity contribution < 1.29 is 9.53 Å². The van der Waals surface area contributed by atoms with E-state index < -0.39 is 0 Å². The fourth-order valence-electron chi connectivity index (χ4n) is 4.72. The van der Waals surface area contributed by atoms with Crippen LogP contribution in [0, 0.1) is 11.3 Å². The number of carbonyl (C=O) groups is 1. The molecule has 5 rings (SSSR count). The van der Waals surface area contributed by atoms with Crippen LogP contribution in [-0.2, 0) is 11.3 Å². The van der Waals surface area contributed by atoms with Crippen LogP contribution in [0.3, 0.4) is 0 Å². The van der Waals surface area contributed by atoms with Crippen LogP contribution in [0.1, 0.15) is 35.6 Å². The first-order valence-corrected chi connectivity index (χ1v) is 13.3. The number of benzene rings is 2. The number of hydrogen-bond acceptors (Lipinski definition) is 7. The van der Waals surface area contributed by atoms with Crippen LogP contribution >= 0.6 is 0 Å². The summed E-state index contributed by atoms with van der Waals surface area (Å²) in [5.41, 5.74) is 5.58. The molecule has 2 N–H and O–H groups in total. The molecule has 9 heteroatoms. The summed E-state index contributed by atoms with van der Waals surface area (Å²) in [6.45, 7) is 3.71. The minimum absolute atomic E-state index is 0.0211. The molecule has 0 bridgehead atoms. The van der Waals surface area contributed by atoms with Gasteiger partial charge >= 0.3 is 0 Å². The second kappa shape index (κ2) is 12.0. The van der Waals surface area contributed by atoms with Crippen molar-refractivity contribution in [1.29, 1.82) is 5.26 Å². The van der Waals surface area contributed by atoms with Crippen LogP contribution in [0.5, 0.6) is 5.88 Å². The number of amides is 1. The molecule has 0 fully saturated rings. The molecule has 40 heavy (non-hydrogen) atoms. The van der Waals surface area contributed by atoms with E-state index in [1.54, 1.807) is 36.1 Å². The third-order valence-corrected chi connectivity index (χ3v) is 7.15. The van der Waals surface area contributed by atoms with Gasteiger partial charge in [0.1, 0.15) is 12.6 Å². The van der Waals surface area contributed by atoms with Crippen molar-refractivity contribution in [3.8, 4) is 23.1 Å². The highest BCUT2D eigenvalue weighted by Gasteiger charge is 2.30. The summed E-state index contributed by atoms with van der Waals surface area (Å²) >= 11 is 0. The Morgan fingerprint density at radius 3 is 2.65 bits per heavy atom. The number of anilines is 1. The summed E-state index contributed by atoms with van der Waals surface area (Å²) < 4.78 is 8.08. The lowest BCUT2D eigenvalue weighted by Gasteiger charge is -2.34. The van der Waals surface area contributed by atoms with Gasteiger partial charge in [-0.15, -0.1) is 0 Å². The maximum atomic E-state index is 12.0. The second-order valence-electron chi connectivity index (χ2n) is 10.3. The number of likely N-dealkylation sites (N-methyl/N-ethyl adjacent to an activating group) is 1. The maximum absolute atomic E-state index is 12.0. The van der Waals surface area contributed by atoms with Gasteiger partial charge in [-0.3, -0.25) is 9.48 Å². The van der Waals surface area contributed by atoms with Gasteiger partial charge in [0.2, 0.25) is 11.8 Å². The Kier molecular flexibility index (Phi) is 8.08. The van der Waals surface area contributed by atoms with Crippen molar-refractivity contribution in [3.63, 3.8) is 0 Å². The number of fused-ring (bicyclic) bond motifs is 1. The lowest BCUT2D eigenvalue weighted by Crippen LogP contribution is -2.43. The third kappa shape index (κ3) is 6.14. The van der Waals surface area contributed by atoms with Gasteiger partial charge in [-0.2, -0.15) is 10.4 Å². The molecule has 0 unspecified atom stereocenters. The summed E-state index contributed by atoms with van der Waals surface area (Å²) in [4.78, 5) is 18.2. The summed E-state index contributed by atoms with van der Waals surface area (Å²) in [7, 11) is 3.46. The van der Waals surface area contributed by atoms with Crippen LogP contribution in [0.15, 0.2) is 79.3 Å². The Morgan fingerprint density at radius 1 is 1.15 bits per heavy atom. The molecule has 0 saturated heterocycles. The lowest BCUT2D eigenvalue weighted by atomic mass is 9.96. The Morgan fingerprint density at radius 2 is 1.93 bits per heavy atom. The molecule has 3 atom stereocenters. The largest absolute Gasteiger partial charge is 0.469 e. The highest BCUT2D eigenvalue weighted by Crippen LogP contribution is 2.34. The Labute approximate surface area is 234 Å². The van der Waals surface area contributed by atoms with E-state index in [2.05, 4.69) is 45.8 Å². The number of nitrogens with one attached hydrogen (secondary N) is 2. The van der Waals surface area contributed by atoms with E-state index in [9.17, 15) is 4.79 Å². The van der Waals surface area contributed by atoms with E-state index in [1.165, 1.54) is 5.56 Å². The zero-order valence-electron chi connectivity index (χ0n) is 22.9. The summed E-state index contributed by atoms with van der Waals surface area (Å²) in [5.74, 6) is 0.780. The molecule has 1 amide bonds. The van der Waals surface area contributed by atoms with Crippen LogP contribution in [-0.4, -0.2) is 58.9 Å². The minimum atomic E-state index is -0.179. The van der Waals surface area contributed by atoms with Gasteiger partial charge in [0.25, 0.3) is 0 Å². The fraction of sp³-hybridized carbons (Fsp3) is 0.290. The van der Waals surface area contributed by atoms with E-state index in [-0.39, 0.29) is 30.5 Å². The maximum Gasteiger partial charge on any atom is 0.243 e. The lowest BCUT2D eigenvalue weighted by molar-refractivity contribution is -0.129. The molecule has 0 aliphatic carbocycles. The van der Waals surface area contributed by atoms with Gasteiger partial charge in [-0.1, -0.05) is 49.4 Å². The Hall–Kier alpha value is -4.68. The molecule has 0 radical (unpaired) electrons. The average Bonchev–Trinajstić information content (AvgIpc) is 3.45. The van der Waals surface area contributed by atoms with Gasteiger partial charge in [0, 0.05) is 44.2 Å². The van der Waals surface area contributed by atoms with Crippen molar-refractivity contribution in [2.45, 2.75) is 31.5 Å². The molecule has 9 nitrogen and oxygen atoms in total. The zero-order valence-corrected chi connectivity index (χ0v) is 22.9. The van der Waals surface area contributed by atoms with E-state index in [1.807, 2.05) is 54.7 Å². The zero-order chi connectivity index (χ0) is 28.1. The number of pyridine rings is 1. The SMILES string of the molecule is C[C@@H](CN[C@H](c1ccccc1)[C@@H]1CNc2cc(-c3cnn(CC(=O)N(C)C)c3)cnc2O1)c1ccc(C#N)cc1. The Balaban J connectivity index is 1.29. The van der Waals surface area contributed by atoms with Gasteiger partial charge in [-0.25, -0.2) is 4.98 Å². The van der Waals surface area contributed by atoms with Gasteiger partial charge in [0.05, 0.1) is 36.1 Å². The number of rotatable bonds is 9. The predicted molar refractivity (Wildman–Crippen MR) is 154 cm³/mol. The molecule has 2 aromatic carbocycles. The quantitative estimate of drug-likeness (QED) is 0.331.